The van der Waals surface area contributed by atoms with Crippen molar-refractivity contribution in [1.29, 1.82) is 0 Å². The Balaban J connectivity index is 1.19. The van der Waals surface area contributed by atoms with Gasteiger partial charge in [0.25, 0.3) is 5.91 Å². The number of nitrogens with zero attached hydrogens (tertiary/aromatic N) is 4. The fourth-order valence-corrected chi connectivity index (χ4v) is 4.44. The van der Waals surface area contributed by atoms with Crippen LogP contribution in [0.5, 0.6) is 0 Å². The van der Waals surface area contributed by atoms with E-state index in [0.717, 1.165) is 5.69 Å². The van der Waals surface area contributed by atoms with E-state index in [9.17, 15) is 9.59 Å². The Labute approximate surface area is 229 Å². The van der Waals surface area contributed by atoms with E-state index in [4.69, 9.17) is 4.74 Å². The number of aromatic amines is 1. The lowest BCUT2D eigenvalue weighted by Gasteiger charge is -2.24. The first-order valence-electron chi connectivity index (χ1n) is 12.6. The molecule has 1 aliphatic carbocycles. The number of carbonyl (C=O) groups is 2. The topological polar surface area (TPSA) is 137 Å². The van der Waals surface area contributed by atoms with E-state index < -0.39 is 5.60 Å². The highest BCUT2D eigenvalue weighted by atomic mass is 79.9. The Morgan fingerprint density at radius 2 is 1.97 bits per heavy atom. The van der Waals surface area contributed by atoms with E-state index in [0.29, 0.717) is 58.7 Å². The average Bonchev–Trinajstić information content (AvgIpc) is 3.42. The standard InChI is InChI=1S/C26H31BrN8O3/c1-26(2,3)38-25(37)35-10-9-18(14-35)29-23(36)16-5-4-6-17(11-16)30-24-28-13-19(27)22(32-24)31-21-12-20(33-34-21)15-7-8-15/h4-6,11-13,15,18H,7-10,14H2,1-3H3,(H,29,36)(H3,28,30,31,32,33,34)/t18-/m0/s1. The van der Waals surface area contributed by atoms with E-state index in [1.165, 1.54) is 12.8 Å². The second-order valence-electron chi connectivity index (χ2n) is 10.6. The van der Waals surface area contributed by atoms with Crippen molar-refractivity contribution in [2.24, 2.45) is 0 Å². The second-order valence-corrected chi connectivity index (χ2v) is 11.4. The molecule has 1 aromatic carbocycles. The van der Waals surface area contributed by atoms with E-state index in [1.54, 1.807) is 29.3 Å². The summed E-state index contributed by atoms with van der Waals surface area (Å²) >= 11 is 3.48. The van der Waals surface area contributed by atoms with Crippen LogP contribution >= 0.6 is 15.9 Å². The predicted octanol–water partition coefficient (Wildman–Crippen LogP) is 5.07. The van der Waals surface area contributed by atoms with Gasteiger partial charge in [0.2, 0.25) is 5.95 Å². The fraction of sp³-hybridized carbons (Fsp3) is 0.423. The Hall–Kier alpha value is -3.67. The third-order valence-corrected chi connectivity index (χ3v) is 6.74. The number of aromatic nitrogens is 4. The number of likely N-dealkylation sites (tertiary alicyclic amines) is 1. The zero-order chi connectivity index (χ0) is 26.9. The van der Waals surface area contributed by atoms with Crippen molar-refractivity contribution in [3.63, 3.8) is 0 Å². The number of amides is 2. The zero-order valence-corrected chi connectivity index (χ0v) is 23.1. The van der Waals surface area contributed by atoms with E-state index in [2.05, 4.69) is 52.0 Å². The molecule has 1 saturated heterocycles. The maximum atomic E-state index is 12.9. The largest absolute Gasteiger partial charge is 0.444 e. The molecule has 12 heteroatoms. The van der Waals surface area contributed by atoms with Crippen LogP contribution in [0.2, 0.25) is 0 Å². The van der Waals surface area contributed by atoms with Gasteiger partial charge in [-0.2, -0.15) is 10.1 Å². The Bertz CT molecular complexity index is 1330. The Kier molecular flexibility index (Phi) is 7.24. The van der Waals surface area contributed by atoms with Crippen molar-refractivity contribution in [3.05, 3.63) is 52.3 Å². The van der Waals surface area contributed by atoms with E-state index in [1.807, 2.05) is 32.9 Å². The van der Waals surface area contributed by atoms with Crippen LogP contribution in [0, 0.1) is 0 Å². The zero-order valence-electron chi connectivity index (χ0n) is 21.5. The lowest BCUT2D eigenvalue weighted by molar-refractivity contribution is 0.0290. The van der Waals surface area contributed by atoms with Gasteiger partial charge >= 0.3 is 6.09 Å². The van der Waals surface area contributed by atoms with Crippen LogP contribution in [0.3, 0.4) is 0 Å². The number of rotatable bonds is 7. The van der Waals surface area contributed by atoms with Gasteiger partial charge in [0, 0.05) is 54.3 Å². The number of anilines is 4. The molecule has 2 aromatic heterocycles. The van der Waals surface area contributed by atoms with Crippen molar-refractivity contribution in [1.82, 2.24) is 30.4 Å². The molecule has 1 atom stereocenters. The molecule has 1 saturated carbocycles. The maximum Gasteiger partial charge on any atom is 0.410 e. The number of hydrogen-bond donors (Lipinski definition) is 4. The van der Waals surface area contributed by atoms with Crippen molar-refractivity contribution in [2.75, 3.05) is 23.7 Å². The monoisotopic (exact) mass is 582 g/mol. The molecule has 11 nitrogen and oxygen atoms in total. The van der Waals surface area contributed by atoms with E-state index in [-0.39, 0.29) is 18.0 Å². The third-order valence-electron chi connectivity index (χ3n) is 6.16. The van der Waals surface area contributed by atoms with Crippen molar-refractivity contribution >= 4 is 51.2 Å². The quantitative estimate of drug-likeness (QED) is 0.303. The normalized spacial score (nSPS) is 17.3. The number of ether oxygens (including phenoxy) is 1. The minimum Gasteiger partial charge on any atom is -0.444 e. The van der Waals surface area contributed by atoms with Crippen LogP contribution in [0.4, 0.5) is 28.1 Å². The Morgan fingerprint density at radius 3 is 2.74 bits per heavy atom. The minimum atomic E-state index is -0.556. The molecule has 38 heavy (non-hydrogen) atoms. The molecule has 200 valence electrons. The summed E-state index contributed by atoms with van der Waals surface area (Å²) in [5, 5.41) is 16.8. The number of halogens is 1. The van der Waals surface area contributed by atoms with E-state index >= 15 is 0 Å². The number of carbonyl (C=O) groups excluding carboxylic acids is 2. The van der Waals surface area contributed by atoms with Gasteiger partial charge in [0.15, 0.2) is 11.6 Å². The van der Waals surface area contributed by atoms with Crippen LogP contribution in [0.1, 0.15) is 62.0 Å². The van der Waals surface area contributed by atoms with Crippen molar-refractivity contribution in [3.8, 4) is 0 Å². The summed E-state index contributed by atoms with van der Waals surface area (Å²) in [7, 11) is 0. The number of nitrogens with one attached hydrogen (secondary N) is 4. The van der Waals surface area contributed by atoms with Gasteiger partial charge in [-0.15, -0.1) is 0 Å². The molecule has 2 fully saturated rings. The molecule has 2 aliphatic rings. The first-order valence-corrected chi connectivity index (χ1v) is 13.4. The smallest absolute Gasteiger partial charge is 0.410 e. The SMILES string of the molecule is CC(C)(C)OC(=O)N1CC[C@H](NC(=O)c2cccc(Nc3ncc(Br)c(Nc4cc(C5CC5)[nH]n4)n3)c2)C1. The minimum absolute atomic E-state index is 0.141. The summed E-state index contributed by atoms with van der Waals surface area (Å²) in [4.78, 5) is 35.8. The fourth-order valence-electron chi connectivity index (χ4n) is 4.15. The summed E-state index contributed by atoms with van der Waals surface area (Å²) in [6, 6.07) is 8.97. The molecule has 3 aromatic rings. The number of H-pyrrole nitrogens is 1. The van der Waals surface area contributed by atoms with Gasteiger partial charge < -0.3 is 25.6 Å². The molecule has 2 amide bonds. The number of benzene rings is 1. The average molecular weight is 583 g/mol. The maximum absolute atomic E-state index is 12.9. The van der Waals surface area contributed by atoms with Crippen LogP contribution in [0.15, 0.2) is 41.0 Å². The molecule has 0 unspecified atom stereocenters. The summed E-state index contributed by atoms with van der Waals surface area (Å²) in [5.41, 5.74) is 1.73. The van der Waals surface area contributed by atoms with Gasteiger partial charge in [-0.1, -0.05) is 6.07 Å². The summed E-state index contributed by atoms with van der Waals surface area (Å²) in [5.74, 6) is 1.99. The van der Waals surface area contributed by atoms with Crippen molar-refractivity contribution in [2.45, 2.75) is 57.6 Å². The second kappa shape index (κ2) is 10.6. The third kappa shape index (κ3) is 6.60. The van der Waals surface area contributed by atoms with Gasteiger partial charge in [-0.25, -0.2) is 9.78 Å². The van der Waals surface area contributed by atoms with Gasteiger partial charge in [0.1, 0.15) is 5.60 Å². The molecule has 1 aliphatic heterocycles. The van der Waals surface area contributed by atoms with Crippen molar-refractivity contribution < 1.29 is 14.3 Å². The lowest BCUT2D eigenvalue weighted by atomic mass is 10.1. The highest BCUT2D eigenvalue weighted by molar-refractivity contribution is 9.10. The molecule has 0 bridgehead atoms. The molecular weight excluding hydrogens is 552 g/mol. The van der Waals surface area contributed by atoms with Crippen LogP contribution < -0.4 is 16.0 Å². The molecule has 5 rings (SSSR count). The summed E-state index contributed by atoms with van der Waals surface area (Å²) in [6.45, 7) is 6.46. The molecular formula is C26H31BrN8O3. The first-order chi connectivity index (χ1) is 18.1. The molecule has 3 heterocycles. The van der Waals surface area contributed by atoms with Gasteiger partial charge in [-0.05, 0) is 74.2 Å². The molecule has 4 N–H and O–H groups in total. The van der Waals surface area contributed by atoms with Crippen LogP contribution in [0.25, 0.3) is 0 Å². The van der Waals surface area contributed by atoms with Gasteiger partial charge in [0.05, 0.1) is 4.47 Å². The number of hydrogen-bond acceptors (Lipinski definition) is 8. The van der Waals surface area contributed by atoms with Gasteiger partial charge in [-0.3, -0.25) is 9.89 Å². The van der Waals surface area contributed by atoms with Crippen LogP contribution in [-0.4, -0.2) is 61.8 Å². The van der Waals surface area contributed by atoms with Crippen LogP contribution in [-0.2, 0) is 4.74 Å². The highest BCUT2D eigenvalue weighted by Crippen LogP contribution is 2.39. The highest BCUT2D eigenvalue weighted by Gasteiger charge is 2.30. The predicted molar refractivity (Wildman–Crippen MR) is 147 cm³/mol. The lowest BCUT2D eigenvalue weighted by Crippen LogP contribution is -2.40. The summed E-state index contributed by atoms with van der Waals surface area (Å²) < 4.78 is 6.13. The first kappa shape index (κ1) is 26.0. The summed E-state index contributed by atoms with van der Waals surface area (Å²) in [6.07, 6.45) is 4.34. The molecule has 0 radical (unpaired) electrons. The Morgan fingerprint density at radius 1 is 1.16 bits per heavy atom. The molecule has 0 spiro atoms.